The monoisotopic (exact) mass is 478 g/mol. The number of benzene rings is 2. The van der Waals surface area contributed by atoms with Crippen LogP contribution in [0.1, 0.15) is 19.3 Å². The highest BCUT2D eigenvalue weighted by Crippen LogP contribution is 2.31. The molecule has 1 aliphatic heterocycles. The Morgan fingerprint density at radius 3 is 2.58 bits per heavy atom. The number of hydrogen-bond acceptors (Lipinski definition) is 6. The summed E-state index contributed by atoms with van der Waals surface area (Å²) in [4.78, 5) is 9.46. The number of para-hydroxylation sites is 1. The number of unbranched alkanes of at least 4 members (excludes halogenated alkanes) is 1. The summed E-state index contributed by atoms with van der Waals surface area (Å²) in [7, 11) is 0. The average molecular weight is 479 g/mol. The van der Waals surface area contributed by atoms with Gasteiger partial charge in [-0.05, 0) is 54.8 Å². The van der Waals surface area contributed by atoms with E-state index >= 15 is 0 Å². The molecule has 1 aromatic heterocycles. The number of nitrogens with zero attached hydrogens (tertiary/aromatic N) is 3. The first-order valence-corrected chi connectivity index (χ1v) is 11.6. The van der Waals surface area contributed by atoms with Crippen molar-refractivity contribution in [1.82, 2.24) is 20.6 Å². The van der Waals surface area contributed by atoms with Crippen molar-refractivity contribution < 1.29 is 0 Å². The molecule has 0 bridgehead atoms. The first-order chi connectivity index (χ1) is 16.1. The smallest absolute Gasteiger partial charge is 0.163 e. The van der Waals surface area contributed by atoms with Crippen molar-refractivity contribution in [3.63, 3.8) is 0 Å². The summed E-state index contributed by atoms with van der Waals surface area (Å²) in [6.45, 7) is 2.36. The molecule has 0 amide bonds. The fourth-order valence-electron chi connectivity index (χ4n) is 3.55. The minimum Gasteiger partial charge on any atom is -0.372 e. The normalized spacial score (nSPS) is 13.0. The van der Waals surface area contributed by atoms with Gasteiger partial charge in [-0.3, -0.25) is 0 Å². The van der Waals surface area contributed by atoms with Gasteiger partial charge in [0.1, 0.15) is 5.82 Å². The van der Waals surface area contributed by atoms with Gasteiger partial charge in [0.2, 0.25) is 0 Å². The van der Waals surface area contributed by atoms with Crippen LogP contribution in [0.25, 0.3) is 22.3 Å². The van der Waals surface area contributed by atoms with Gasteiger partial charge in [-0.2, -0.15) is 5.26 Å². The zero-order valence-corrected chi connectivity index (χ0v) is 19.5. The van der Waals surface area contributed by atoms with Crippen LogP contribution in [-0.2, 0) is 0 Å². The number of nitriles is 1. The molecule has 0 aliphatic carbocycles. The maximum atomic E-state index is 8.76. The van der Waals surface area contributed by atoms with Gasteiger partial charge in [0.05, 0.1) is 28.9 Å². The van der Waals surface area contributed by atoms with Gasteiger partial charge in [0.25, 0.3) is 0 Å². The Morgan fingerprint density at radius 2 is 1.82 bits per heavy atom. The number of halogens is 2. The van der Waals surface area contributed by atoms with Crippen LogP contribution < -0.4 is 16.0 Å². The van der Waals surface area contributed by atoms with E-state index in [0.29, 0.717) is 28.8 Å². The Bertz CT molecular complexity index is 1250. The van der Waals surface area contributed by atoms with Crippen molar-refractivity contribution in [2.24, 2.45) is 0 Å². The van der Waals surface area contributed by atoms with Gasteiger partial charge < -0.3 is 16.0 Å². The zero-order valence-electron chi connectivity index (χ0n) is 18.0. The van der Waals surface area contributed by atoms with Crippen molar-refractivity contribution in [1.29, 1.82) is 5.26 Å². The summed E-state index contributed by atoms with van der Waals surface area (Å²) >= 11 is 12.4. The van der Waals surface area contributed by atoms with Crippen molar-refractivity contribution in [3.8, 4) is 17.5 Å². The van der Waals surface area contributed by atoms with Gasteiger partial charge >= 0.3 is 0 Å². The predicted molar refractivity (Wildman–Crippen MR) is 135 cm³/mol. The molecule has 0 unspecified atom stereocenters. The maximum absolute atomic E-state index is 8.76. The third kappa shape index (κ3) is 5.95. The quantitative estimate of drug-likeness (QED) is 0.343. The molecule has 2 aromatic carbocycles. The lowest BCUT2D eigenvalue weighted by Gasteiger charge is -2.17. The lowest BCUT2D eigenvalue weighted by Crippen LogP contribution is -2.30. The fourth-order valence-corrected chi connectivity index (χ4v) is 4.05. The Hall–Kier alpha value is -3.27. The second-order valence-electron chi connectivity index (χ2n) is 7.69. The molecule has 4 rings (SSSR count). The first-order valence-electron chi connectivity index (χ1n) is 10.8. The van der Waals surface area contributed by atoms with E-state index in [1.807, 2.05) is 42.5 Å². The van der Waals surface area contributed by atoms with E-state index in [1.165, 1.54) is 0 Å². The van der Waals surface area contributed by atoms with Crippen molar-refractivity contribution in [3.05, 3.63) is 76.1 Å². The Kier molecular flexibility index (Phi) is 7.66. The number of dihydropyridines is 1. The Balaban J connectivity index is 1.36. The standard InChI is InChI=1S/C25H24Cl2N6/c26-18-8-9-19(21(27)15-18)25-32-22-6-2-1-5-20(22)24(33-25)30-14-4-3-13-29-23-10-7-17(11-12-28)16-31-23/h1-2,5-10,15,29,31H,3-4,11,13-14,16H2,(H,30,32,33). The molecule has 1 aliphatic rings. The number of hydrogen-bond donors (Lipinski definition) is 3. The fraction of sp³-hybridized carbons (Fsp3) is 0.240. The number of nitrogens with one attached hydrogen (secondary N) is 3. The van der Waals surface area contributed by atoms with E-state index < -0.39 is 0 Å². The van der Waals surface area contributed by atoms with E-state index in [2.05, 4.69) is 22.0 Å². The first kappa shape index (κ1) is 22.9. The summed E-state index contributed by atoms with van der Waals surface area (Å²) in [5, 5.41) is 21.0. The predicted octanol–water partition coefficient (Wildman–Crippen LogP) is 5.67. The van der Waals surface area contributed by atoms with Gasteiger partial charge in [-0.25, -0.2) is 9.97 Å². The average Bonchev–Trinajstić information content (AvgIpc) is 2.82. The molecular weight excluding hydrogens is 455 g/mol. The van der Waals surface area contributed by atoms with Crippen LogP contribution in [0, 0.1) is 11.3 Å². The maximum Gasteiger partial charge on any atom is 0.163 e. The highest BCUT2D eigenvalue weighted by atomic mass is 35.5. The molecule has 168 valence electrons. The summed E-state index contributed by atoms with van der Waals surface area (Å²) in [6.07, 6.45) is 6.44. The van der Waals surface area contributed by atoms with Crippen LogP contribution >= 0.6 is 23.2 Å². The number of allylic oxidation sites excluding steroid dienone is 2. The second kappa shape index (κ2) is 11.0. The minimum atomic E-state index is 0.464. The molecule has 33 heavy (non-hydrogen) atoms. The number of rotatable bonds is 9. The molecule has 0 spiro atoms. The molecule has 0 saturated heterocycles. The molecule has 0 radical (unpaired) electrons. The van der Waals surface area contributed by atoms with Gasteiger partial charge in [-0.1, -0.05) is 41.4 Å². The molecule has 0 atom stereocenters. The van der Waals surface area contributed by atoms with Crippen LogP contribution in [0.15, 0.2) is 66.0 Å². The molecule has 3 aromatic rings. The largest absolute Gasteiger partial charge is 0.372 e. The van der Waals surface area contributed by atoms with Crippen LogP contribution in [-0.4, -0.2) is 29.6 Å². The summed E-state index contributed by atoms with van der Waals surface area (Å²) in [5.74, 6) is 2.36. The minimum absolute atomic E-state index is 0.464. The van der Waals surface area contributed by atoms with Crippen LogP contribution in [0.2, 0.25) is 10.0 Å². The molecule has 8 heteroatoms. The highest BCUT2D eigenvalue weighted by molar-refractivity contribution is 6.36. The summed E-state index contributed by atoms with van der Waals surface area (Å²) < 4.78 is 0. The van der Waals surface area contributed by atoms with Gasteiger partial charge in [-0.15, -0.1) is 0 Å². The molecule has 6 nitrogen and oxygen atoms in total. The van der Waals surface area contributed by atoms with Crippen LogP contribution in [0.5, 0.6) is 0 Å². The lowest BCUT2D eigenvalue weighted by atomic mass is 10.1. The Labute approximate surface area is 203 Å². The Morgan fingerprint density at radius 1 is 1.00 bits per heavy atom. The molecule has 0 saturated carbocycles. The van der Waals surface area contributed by atoms with Gasteiger partial charge in [0.15, 0.2) is 5.82 Å². The van der Waals surface area contributed by atoms with Crippen LogP contribution in [0.4, 0.5) is 5.82 Å². The van der Waals surface area contributed by atoms with E-state index in [-0.39, 0.29) is 0 Å². The summed E-state index contributed by atoms with van der Waals surface area (Å²) in [6, 6.07) is 15.4. The summed E-state index contributed by atoms with van der Waals surface area (Å²) in [5.41, 5.74) is 2.71. The molecule has 2 heterocycles. The van der Waals surface area contributed by atoms with Gasteiger partial charge in [0, 0.05) is 35.6 Å². The van der Waals surface area contributed by atoms with Crippen LogP contribution in [0.3, 0.4) is 0 Å². The molecular formula is C25H24Cl2N6. The van der Waals surface area contributed by atoms with E-state index in [1.54, 1.807) is 12.1 Å². The van der Waals surface area contributed by atoms with Crippen molar-refractivity contribution in [2.45, 2.75) is 19.3 Å². The third-order valence-electron chi connectivity index (χ3n) is 5.28. The second-order valence-corrected chi connectivity index (χ2v) is 8.54. The number of anilines is 1. The lowest BCUT2D eigenvalue weighted by molar-refractivity contribution is 0.646. The number of fused-ring (bicyclic) bond motifs is 1. The zero-order chi connectivity index (χ0) is 23.0. The molecule has 3 N–H and O–H groups in total. The van der Waals surface area contributed by atoms with Crippen molar-refractivity contribution >= 4 is 39.9 Å². The van der Waals surface area contributed by atoms with E-state index in [0.717, 1.165) is 59.6 Å². The highest BCUT2D eigenvalue weighted by Gasteiger charge is 2.12. The molecule has 0 fully saturated rings. The van der Waals surface area contributed by atoms with E-state index in [9.17, 15) is 0 Å². The topological polar surface area (TPSA) is 85.7 Å². The SMILES string of the molecule is N#CCC1=CC=C(NCCCCNc2nc(-c3ccc(Cl)cc3Cl)nc3ccccc23)NC1. The third-order valence-corrected chi connectivity index (χ3v) is 5.83. The van der Waals surface area contributed by atoms with E-state index in [4.69, 9.17) is 38.4 Å². The van der Waals surface area contributed by atoms with Crippen molar-refractivity contribution in [2.75, 3.05) is 25.0 Å². The number of aromatic nitrogens is 2.